The van der Waals surface area contributed by atoms with Crippen molar-refractivity contribution in [3.63, 3.8) is 0 Å². The van der Waals surface area contributed by atoms with E-state index in [1.165, 1.54) is 11.1 Å². The Morgan fingerprint density at radius 3 is 2.65 bits per heavy atom. The standard InChI is InChI=1S/C20H34N4O2/c1-3-21-20(22-10-7-13-25-4-2)23-16-18-8-5-6-9-19(18)17-24-11-14-26-15-12-24/h5-6,8-9H,3-4,7,10-17H2,1-2H3,(H2,21,22,23). The van der Waals surface area contributed by atoms with Crippen LogP contribution in [0.3, 0.4) is 0 Å². The summed E-state index contributed by atoms with van der Waals surface area (Å²) >= 11 is 0. The van der Waals surface area contributed by atoms with Gasteiger partial charge in [-0.25, -0.2) is 4.99 Å². The van der Waals surface area contributed by atoms with Crippen molar-refractivity contribution >= 4 is 5.96 Å². The van der Waals surface area contributed by atoms with Gasteiger partial charge in [-0.3, -0.25) is 4.90 Å². The number of hydrogen-bond donors (Lipinski definition) is 2. The third kappa shape index (κ3) is 7.72. The molecule has 0 amide bonds. The van der Waals surface area contributed by atoms with Crippen molar-refractivity contribution in [2.45, 2.75) is 33.4 Å². The summed E-state index contributed by atoms with van der Waals surface area (Å²) in [6.07, 6.45) is 0.978. The molecule has 0 aliphatic carbocycles. The number of guanidine groups is 1. The molecule has 0 spiro atoms. The van der Waals surface area contributed by atoms with E-state index in [-0.39, 0.29) is 0 Å². The molecule has 146 valence electrons. The van der Waals surface area contributed by atoms with Crippen LogP contribution in [-0.2, 0) is 22.6 Å². The lowest BCUT2D eigenvalue weighted by Crippen LogP contribution is -2.38. The highest BCUT2D eigenvalue weighted by molar-refractivity contribution is 5.79. The topological polar surface area (TPSA) is 58.1 Å². The lowest BCUT2D eigenvalue weighted by atomic mass is 10.1. The Labute approximate surface area is 158 Å². The molecule has 26 heavy (non-hydrogen) atoms. The number of hydrogen-bond acceptors (Lipinski definition) is 4. The molecule has 1 saturated heterocycles. The molecule has 1 aliphatic heterocycles. The maximum Gasteiger partial charge on any atom is 0.191 e. The number of morpholine rings is 1. The number of ether oxygens (including phenoxy) is 2. The van der Waals surface area contributed by atoms with Crippen LogP contribution in [0.1, 0.15) is 31.4 Å². The van der Waals surface area contributed by atoms with E-state index < -0.39 is 0 Å². The zero-order valence-corrected chi connectivity index (χ0v) is 16.3. The van der Waals surface area contributed by atoms with Gasteiger partial charge in [-0.1, -0.05) is 24.3 Å². The normalized spacial score (nSPS) is 15.8. The Morgan fingerprint density at radius 2 is 1.92 bits per heavy atom. The van der Waals surface area contributed by atoms with Gasteiger partial charge in [-0.05, 0) is 31.4 Å². The van der Waals surface area contributed by atoms with Gasteiger partial charge in [0.25, 0.3) is 0 Å². The first-order chi connectivity index (χ1) is 12.8. The van der Waals surface area contributed by atoms with Crippen LogP contribution in [0.15, 0.2) is 29.3 Å². The van der Waals surface area contributed by atoms with E-state index in [1.54, 1.807) is 0 Å². The number of aliphatic imine (C=N–C) groups is 1. The van der Waals surface area contributed by atoms with Gasteiger partial charge in [0.2, 0.25) is 0 Å². The van der Waals surface area contributed by atoms with E-state index in [2.05, 4.69) is 46.7 Å². The molecule has 0 aromatic heterocycles. The second kappa shape index (κ2) is 12.7. The maximum absolute atomic E-state index is 5.45. The van der Waals surface area contributed by atoms with Gasteiger partial charge in [-0.15, -0.1) is 0 Å². The zero-order valence-electron chi connectivity index (χ0n) is 16.3. The molecular formula is C20H34N4O2. The third-order valence-electron chi connectivity index (χ3n) is 4.33. The van der Waals surface area contributed by atoms with E-state index in [9.17, 15) is 0 Å². The predicted molar refractivity (Wildman–Crippen MR) is 106 cm³/mol. The Morgan fingerprint density at radius 1 is 1.15 bits per heavy atom. The van der Waals surface area contributed by atoms with Crippen LogP contribution in [0.5, 0.6) is 0 Å². The molecular weight excluding hydrogens is 328 g/mol. The molecule has 0 saturated carbocycles. The summed E-state index contributed by atoms with van der Waals surface area (Å²) in [6, 6.07) is 8.59. The van der Waals surface area contributed by atoms with Gasteiger partial charge < -0.3 is 20.1 Å². The second-order valence-electron chi connectivity index (χ2n) is 6.33. The molecule has 0 radical (unpaired) electrons. The minimum Gasteiger partial charge on any atom is -0.382 e. The predicted octanol–water partition coefficient (Wildman–Crippen LogP) is 2.00. The van der Waals surface area contributed by atoms with Crippen LogP contribution in [-0.4, -0.2) is 63.5 Å². The summed E-state index contributed by atoms with van der Waals surface area (Å²) in [7, 11) is 0. The van der Waals surface area contributed by atoms with Crippen LogP contribution in [0.4, 0.5) is 0 Å². The molecule has 1 aromatic rings. The highest BCUT2D eigenvalue weighted by atomic mass is 16.5. The van der Waals surface area contributed by atoms with Gasteiger partial charge in [0.1, 0.15) is 0 Å². The molecule has 0 unspecified atom stereocenters. The molecule has 1 aromatic carbocycles. The summed E-state index contributed by atoms with van der Waals surface area (Å²) in [4.78, 5) is 7.21. The smallest absolute Gasteiger partial charge is 0.191 e. The molecule has 6 heteroatoms. The molecule has 2 N–H and O–H groups in total. The monoisotopic (exact) mass is 362 g/mol. The van der Waals surface area contributed by atoms with Crippen molar-refractivity contribution in [1.82, 2.24) is 15.5 Å². The van der Waals surface area contributed by atoms with Crippen molar-refractivity contribution < 1.29 is 9.47 Å². The molecule has 0 atom stereocenters. The highest BCUT2D eigenvalue weighted by Crippen LogP contribution is 2.14. The Balaban J connectivity index is 1.90. The van der Waals surface area contributed by atoms with Crippen molar-refractivity contribution in [1.29, 1.82) is 0 Å². The Bertz CT molecular complexity index is 530. The van der Waals surface area contributed by atoms with E-state index in [4.69, 9.17) is 14.5 Å². The van der Waals surface area contributed by atoms with Crippen LogP contribution in [0, 0.1) is 0 Å². The average Bonchev–Trinajstić information content (AvgIpc) is 2.67. The maximum atomic E-state index is 5.45. The Kier molecular flexibility index (Phi) is 10.1. The molecule has 0 bridgehead atoms. The number of nitrogens with zero attached hydrogens (tertiary/aromatic N) is 2. The molecule has 2 rings (SSSR count). The van der Waals surface area contributed by atoms with Crippen molar-refractivity contribution in [3.05, 3.63) is 35.4 Å². The van der Waals surface area contributed by atoms with Gasteiger partial charge in [0.05, 0.1) is 19.8 Å². The number of rotatable bonds is 10. The summed E-state index contributed by atoms with van der Waals surface area (Å²) < 4.78 is 10.8. The number of nitrogens with one attached hydrogen (secondary N) is 2. The first kappa shape index (κ1) is 20.7. The van der Waals surface area contributed by atoms with E-state index >= 15 is 0 Å². The van der Waals surface area contributed by atoms with Gasteiger partial charge in [0.15, 0.2) is 5.96 Å². The summed E-state index contributed by atoms with van der Waals surface area (Å²) in [6.45, 7) is 12.7. The summed E-state index contributed by atoms with van der Waals surface area (Å²) in [5, 5.41) is 6.70. The average molecular weight is 363 g/mol. The van der Waals surface area contributed by atoms with Crippen LogP contribution in [0.2, 0.25) is 0 Å². The van der Waals surface area contributed by atoms with Crippen LogP contribution >= 0.6 is 0 Å². The second-order valence-corrected chi connectivity index (χ2v) is 6.33. The van der Waals surface area contributed by atoms with E-state index in [1.807, 2.05) is 6.92 Å². The van der Waals surface area contributed by atoms with Gasteiger partial charge >= 0.3 is 0 Å². The van der Waals surface area contributed by atoms with Gasteiger partial charge in [0, 0.05) is 45.9 Å². The summed E-state index contributed by atoms with van der Waals surface area (Å²) in [5.41, 5.74) is 2.64. The lowest BCUT2D eigenvalue weighted by Gasteiger charge is -2.27. The summed E-state index contributed by atoms with van der Waals surface area (Å²) in [5.74, 6) is 0.866. The molecule has 1 aliphatic rings. The highest BCUT2D eigenvalue weighted by Gasteiger charge is 2.12. The molecule has 6 nitrogen and oxygen atoms in total. The van der Waals surface area contributed by atoms with Crippen LogP contribution < -0.4 is 10.6 Å². The fourth-order valence-electron chi connectivity index (χ4n) is 2.90. The van der Waals surface area contributed by atoms with Gasteiger partial charge in [-0.2, -0.15) is 0 Å². The largest absolute Gasteiger partial charge is 0.382 e. The van der Waals surface area contributed by atoms with Crippen molar-refractivity contribution in [3.8, 4) is 0 Å². The third-order valence-corrected chi connectivity index (χ3v) is 4.33. The zero-order chi connectivity index (χ0) is 18.5. The lowest BCUT2D eigenvalue weighted by molar-refractivity contribution is 0.0341. The first-order valence-corrected chi connectivity index (χ1v) is 9.80. The van der Waals surface area contributed by atoms with Crippen LogP contribution in [0.25, 0.3) is 0 Å². The number of benzene rings is 1. The SMILES string of the molecule is CCNC(=NCc1ccccc1CN1CCOCC1)NCCCOCC. The fraction of sp³-hybridized carbons (Fsp3) is 0.650. The molecule has 1 fully saturated rings. The van der Waals surface area contributed by atoms with E-state index in [0.717, 1.165) is 71.5 Å². The van der Waals surface area contributed by atoms with E-state index in [0.29, 0.717) is 6.54 Å². The first-order valence-electron chi connectivity index (χ1n) is 9.80. The minimum atomic E-state index is 0.682. The van der Waals surface area contributed by atoms with Crippen molar-refractivity contribution in [2.24, 2.45) is 4.99 Å². The fourth-order valence-corrected chi connectivity index (χ4v) is 2.90. The Hall–Kier alpha value is -1.63. The molecule has 1 heterocycles. The van der Waals surface area contributed by atoms with Crippen molar-refractivity contribution in [2.75, 3.05) is 52.6 Å². The quantitative estimate of drug-likeness (QED) is 0.379. The minimum absolute atomic E-state index is 0.682.